The first-order valence-corrected chi connectivity index (χ1v) is 6.22. The maximum Gasteiger partial charge on any atom is 0.181 e. The van der Waals surface area contributed by atoms with Crippen LogP contribution in [0.5, 0.6) is 0 Å². The van der Waals surface area contributed by atoms with E-state index in [0.717, 1.165) is 11.1 Å². The molecule has 0 saturated carbocycles. The van der Waals surface area contributed by atoms with E-state index in [9.17, 15) is 0 Å². The quantitative estimate of drug-likeness (QED) is 0.659. The van der Waals surface area contributed by atoms with Gasteiger partial charge < -0.3 is 4.42 Å². The molecule has 0 radical (unpaired) electrons. The van der Waals surface area contributed by atoms with Crippen LogP contribution < -0.4 is 0 Å². The summed E-state index contributed by atoms with van der Waals surface area (Å²) < 4.78 is 5.01. The molecule has 0 spiro atoms. The summed E-state index contributed by atoms with van der Waals surface area (Å²) in [5.41, 5.74) is 3.20. The van der Waals surface area contributed by atoms with Gasteiger partial charge >= 0.3 is 0 Å². The van der Waals surface area contributed by atoms with E-state index in [1.54, 1.807) is 0 Å². The van der Waals surface area contributed by atoms with Crippen LogP contribution in [0.1, 0.15) is 18.9 Å². The zero-order valence-electron chi connectivity index (χ0n) is 10.5. The van der Waals surface area contributed by atoms with Gasteiger partial charge in [-0.1, -0.05) is 55.8 Å². The normalized spacial score (nSPS) is 9.83. The summed E-state index contributed by atoms with van der Waals surface area (Å²) in [6, 6.07) is 18.2. The molecule has 2 nitrogen and oxygen atoms in total. The molecule has 18 heavy (non-hydrogen) atoms. The van der Waals surface area contributed by atoms with Crippen LogP contribution in [0.2, 0.25) is 0 Å². The molecule has 0 aliphatic heterocycles. The van der Waals surface area contributed by atoms with Crippen LogP contribution >= 0.6 is 0 Å². The Hall–Kier alpha value is -2.09. The minimum absolute atomic E-state index is 0.845. The van der Waals surface area contributed by atoms with Crippen LogP contribution in [0.25, 0.3) is 11.1 Å². The maximum atomic E-state index is 5.01. The van der Waals surface area contributed by atoms with Crippen LogP contribution in [0.3, 0.4) is 0 Å². The first-order chi connectivity index (χ1) is 8.90. The lowest BCUT2D eigenvalue weighted by Gasteiger charge is -1.93. The molecule has 0 fully saturated rings. The lowest BCUT2D eigenvalue weighted by molar-refractivity contribution is 0.602. The fraction of sp³-hybridized carbons (Fsp3) is 0.188. The second-order valence-corrected chi connectivity index (χ2v) is 4.06. The highest BCUT2D eigenvalue weighted by Gasteiger charge is 1.91. The number of benzene rings is 2. The first kappa shape index (κ1) is 12.4. The van der Waals surface area contributed by atoms with Crippen LogP contribution in [0.15, 0.2) is 65.4 Å². The molecule has 0 bridgehead atoms. The standard InChI is InChI=1S/C9H12.C7H5NO/c1-2-6-9-7-4-3-5-8-9;1-2-4-7-6(3-1)8-5-9-7/h3-5,7-8H,2,6H2,1H3;1-5H. The van der Waals surface area contributed by atoms with Gasteiger partial charge in [-0.25, -0.2) is 4.98 Å². The third-order valence-corrected chi connectivity index (χ3v) is 2.62. The summed E-state index contributed by atoms with van der Waals surface area (Å²) in [6.45, 7) is 2.20. The molecule has 2 aromatic carbocycles. The second-order valence-electron chi connectivity index (χ2n) is 4.06. The number of nitrogens with zero attached hydrogens (tertiary/aromatic N) is 1. The van der Waals surface area contributed by atoms with Gasteiger partial charge in [0.25, 0.3) is 0 Å². The van der Waals surface area contributed by atoms with Crippen molar-refractivity contribution in [2.75, 3.05) is 0 Å². The molecular formula is C16H17NO. The Bertz CT molecular complexity index is 541. The Morgan fingerprint density at radius 2 is 1.67 bits per heavy atom. The van der Waals surface area contributed by atoms with Gasteiger partial charge in [-0.3, -0.25) is 0 Å². The molecule has 0 unspecified atom stereocenters. The number of para-hydroxylation sites is 2. The zero-order chi connectivity index (χ0) is 12.6. The molecule has 2 heteroatoms. The largest absolute Gasteiger partial charge is 0.443 e. The molecule has 1 heterocycles. The third kappa shape index (κ3) is 3.45. The van der Waals surface area contributed by atoms with E-state index in [1.165, 1.54) is 24.8 Å². The molecule has 0 amide bonds. The van der Waals surface area contributed by atoms with Crippen molar-refractivity contribution in [1.29, 1.82) is 0 Å². The molecule has 0 aliphatic carbocycles. The van der Waals surface area contributed by atoms with E-state index in [4.69, 9.17) is 4.42 Å². The number of hydrogen-bond acceptors (Lipinski definition) is 2. The first-order valence-electron chi connectivity index (χ1n) is 6.22. The van der Waals surface area contributed by atoms with Crippen LogP contribution in [0.4, 0.5) is 0 Å². The summed E-state index contributed by atoms with van der Waals surface area (Å²) >= 11 is 0. The van der Waals surface area contributed by atoms with Crippen LogP contribution in [-0.4, -0.2) is 4.98 Å². The molecule has 0 N–H and O–H groups in total. The molecule has 1 aromatic heterocycles. The number of aromatic nitrogens is 1. The molecule has 3 aromatic rings. The van der Waals surface area contributed by atoms with Crippen molar-refractivity contribution in [3.63, 3.8) is 0 Å². The third-order valence-electron chi connectivity index (χ3n) is 2.62. The zero-order valence-corrected chi connectivity index (χ0v) is 10.5. The van der Waals surface area contributed by atoms with Gasteiger partial charge in [0.1, 0.15) is 5.52 Å². The van der Waals surface area contributed by atoms with Gasteiger partial charge in [0.05, 0.1) is 0 Å². The van der Waals surface area contributed by atoms with E-state index in [-0.39, 0.29) is 0 Å². The Balaban J connectivity index is 0.000000134. The molecule has 0 aliphatic rings. The fourth-order valence-electron chi connectivity index (χ4n) is 1.74. The van der Waals surface area contributed by atoms with Crippen LogP contribution in [-0.2, 0) is 6.42 Å². The van der Waals surface area contributed by atoms with Crippen molar-refractivity contribution >= 4 is 11.1 Å². The maximum absolute atomic E-state index is 5.01. The highest BCUT2D eigenvalue weighted by Crippen LogP contribution is 2.09. The van der Waals surface area contributed by atoms with Crippen molar-refractivity contribution < 1.29 is 4.42 Å². The van der Waals surface area contributed by atoms with Gasteiger partial charge in [-0.05, 0) is 24.1 Å². The highest BCUT2D eigenvalue weighted by atomic mass is 16.3. The number of rotatable bonds is 2. The SMILES string of the molecule is CCCc1ccccc1.c1ccc2ocnc2c1. The number of hydrogen-bond donors (Lipinski definition) is 0. The minimum atomic E-state index is 0.845. The Kier molecular flexibility index (Phi) is 4.53. The minimum Gasteiger partial charge on any atom is -0.443 e. The molecular weight excluding hydrogens is 222 g/mol. The average molecular weight is 239 g/mol. The number of fused-ring (bicyclic) bond motifs is 1. The van der Waals surface area contributed by atoms with Gasteiger partial charge in [-0.2, -0.15) is 0 Å². The summed E-state index contributed by atoms with van der Waals surface area (Å²) in [5, 5.41) is 0. The summed E-state index contributed by atoms with van der Waals surface area (Å²) in [7, 11) is 0. The van der Waals surface area contributed by atoms with E-state index in [2.05, 4.69) is 42.2 Å². The topological polar surface area (TPSA) is 26.0 Å². The summed E-state index contributed by atoms with van der Waals surface area (Å²) in [4.78, 5) is 3.95. The Morgan fingerprint density at radius 3 is 2.39 bits per heavy atom. The molecule has 3 rings (SSSR count). The van der Waals surface area contributed by atoms with Crippen LogP contribution in [0, 0.1) is 0 Å². The molecule has 92 valence electrons. The van der Waals surface area contributed by atoms with E-state index in [0.29, 0.717) is 0 Å². The van der Waals surface area contributed by atoms with Crippen molar-refractivity contribution in [2.24, 2.45) is 0 Å². The van der Waals surface area contributed by atoms with Gasteiger partial charge in [0.15, 0.2) is 12.0 Å². The van der Waals surface area contributed by atoms with Gasteiger partial charge in [0.2, 0.25) is 0 Å². The predicted octanol–water partition coefficient (Wildman–Crippen LogP) is 4.47. The van der Waals surface area contributed by atoms with Gasteiger partial charge in [0, 0.05) is 0 Å². The monoisotopic (exact) mass is 239 g/mol. The van der Waals surface area contributed by atoms with E-state index >= 15 is 0 Å². The van der Waals surface area contributed by atoms with Crippen molar-refractivity contribution in [3.05, 3.63) is 66.6 Å². The molecule has 0 saturated heterocycles. The fourth-order valence-corrected chi connectivity index (χ4v) is 1.74. The smallest absolute Gasteiger partial charge is 0.181 e. The average Bonchev–Trinajstić information content (AvgIpc) is 2.89. The predicted molar refractivity (Wildman–Crippen MR) is 74.4 cm³/mol. The van der Waals surface area contributed by atoms with E-state index < -0.39 is 0 Å². The van der Waals surface area contributed by atoms with Crippen molar-refractivity contribution in [2.45, 2.75) is 19.8 Å². The lowest BCUT2D eigenvalue weighted by atomic mass is 10.1. The van der Waals surface area contributed by atoms with E-state index in [1.807, 2.05) is 24.3 Å². The Morgan fingerprint density at radius 1 is 0.944 bits per heavy atom. The summed E-state index contributed by atoms with van der Waals surface area (Å²) in [6.07, 6.45) is 3.90. The van der Waals surface area contributed by atoms with Crippen molar-refractivity contribution in [3.8, 4) is 0 Å². The summed E-state index contributed by atoms with van der Waals surface area (Å²) in [5.74, 6) is 0. The Labute approximate surface area is 107 Å². The number of oxazole rings is 1. The van der Waals surface area contributed by atoms with Crippen molar-refractivity contribution in [1.82, 2.24) is 4.98 Å². The lowest BCUT2D eigenvalue weighted by Crippen LogP contribution is -1.78. The second kappa shape index (κ2) is 6.60. The highest BCUT2D eigenvalue weighted by molar-refractivity contribution is 5.71. The van der Waals surface area contributed by atoms with Gasteiger partial charge in [-0.15, -0.1) is 0 Å². The number of aryl methyl sites for hydroxylation is 1. The molecule has 0 atom stereocenters.